The number of nitrogens with two attached hydrogens (primary N) is 1. The van der Waals surface area contributed by atoms with Gasteiger partial charge in [0.1, 0.15) is 0 Å². The monoisotopic (exact) mass is 221 g/mol. The minimum absolute atomic E-state index is 0.187. The van der Waals surface area contributed by atoms with Gasteiger partial charge in [-0.3, -0.25) is 0 Å². The van der Waals surface area contributed by atoms with E-state index in [-0.39, 0.29) is 6.04 Å². The number of hydrogen-bond donors (Lipinski definition) is 2. The van der Waals surface area contributed by atoms with Crippen molar-refractivity contribution in [2.75, 3.05) is 0 Å². The molecule has 1 aliphatic heterocycles. The third-order valence-corrected chi connectivity index (χ3v) is 3.53. The molecule has 0 bridgehead atoms. The molecule has 0 saturated carbocycles. The number of aryl methyl sites for hydroxylation is 2. The number of nitrogens with zero attached hydrogens (tertiary/aromatic N) is 1. The van der Waals surface area contributed by atoms with E-state index in [9.17, 15) is 0 Å². The van der Waals surface area contributed by atoms with Gasteiger partial charge in [0.15, 0.2) is 5.96 Å². The number of aliphatic imine (C=N–C) groups is 1. The van der Waals surface area contributed by atoms with Crippen LogP contribution in [0.4, 0.5) is 0 Å². The van der Waals surface area contributed by atoms with Crippen LogP contribution >= 0.6 is 11.3 Å². The van der Waals surface area contributed by atoms with Crippen LogP contribution in [0.25, 0.3) is 0 Å². The molecule has 4 heteroatoms. The van der Waals surface area contributed by atoms with Crippen LogP contribution in [0.1, 0.15) is 28.3 Å². The molecule has 3 nitrogen and oxygen atoms in total. The van der Waals surface area contributed by atoms with Crippen LogP contribution < -0.4 is 11.1 Å². The van der Waals surface area contributed by atoms with Crippen molar-refractivity contribution in [1.82, 2.24) is 5.32 Å². The van der Waals surface area contributed by atoms with E-state index in [0.29, 0.717) is 5.96 Å². The molecule has 1 atom stereocenters. The van der Waals surface area contributed by atoms with Crippen molar-refractivity contribution >= 4 is 17.3 Å². The van der Waals surface area contributed by atoms with Crippen molar-refractivity contribution in [3.63, 3.8) is 0 Å². The Hall–Kier alpha value is -1.29. The molecule has 15 heavy (non-hydrogen) atoms. The fourth-order valence-electron chi connectivity index (χ4n) is 1.80. The lowest BCUT2D eigenvalue weighted by Gasteiger charge is -2.22. The molecule has 0 saturated heterocycles. The summed E-state index contributed by atoms with van der Waals surface area (Å²) in [4.78, 5) is 6.72. The second-order valence-corrected chi connectivity index (χ2v) is 5.29. The third-order valence-electron chi connectivity index (χ3n) is 2.55. The van der Waals surface area contributed by atoms with Crippen LogP contribution in [0, 0.1) is 13.8 Å². The Labute approximate surface area is 93.7 Å². The Balaban J connectivity index is 2.37. The van der Waals surface area contributed by atoms with Crippen LogP contribution in [-0.2, 0) is 0 Å². The van der Waals surface area contributed by atoms with E-state index < -0.39 is 0 Å². The second kappa shape index (κ2) is 3.70. The van der Waals surface area contributed by atoms with E-state index in [4.69, 9.17) is 5.73 Å². The van der Waals surface area contributed by atoms with Gasteiger partial charge in [0.25, 0.3) is 0 Å². The van der Waals surface area contributed by atoms with Gasteiger partial charge >= 0.3 is 0 Å². The van der Waals surface area contributed by atoms with Crippen molar-refractivity contribution in [2.24, 2.45) is 10.7 Å². The molecule has 2 rings (SSSR count). The van der Waals surface area contributed by atoms with E-state index in [1.165, 1.54) is 20.9 Å². The van der Waals surface area contributed by atoms with Crippen molar-refractivity contribution < 1.29 is 0 Å². The highest BCUT2D eigenvalue weighted by Gasteiger charge is 2.20. The Morgan fingerprint density at radius 1 is 1.40 bits per heavy atom. The summed E-state index contributed by atoms with van der Waals surface area (Å²) in [6.45, 7) is 6.34. The molecule has 1 aliphatic rings. The average molecular weight is 221 g/mol. The number of nitrogens with one attached hydrogen (secondary N) is 1. The standard InChI is InChI=1S/C11H15N3S/c1-6-5-13-11(12)14-10(6)9-4-7(2)15-8(9)3/h4-5,10H,1-3H3,(H3,12,13,14). The van der Waals surface area contributed by atoms with Crippen molar-refractivity contribution in [3.05, 3.63) is 33.2 Å². The maximum absolute atomic E-state index is 5.68. The van der Waals surface area contributed by atoms with Gasteiger partial charge in [-0.15, -0.1) is 11.3 Å². The highest BCUT2D eigenvalue weighted by molar-refractivity contribution is 7.12. The summed E-state index contributed by atoms with van der Waals surface area (Å²) < 4.78 is 0. The lowest BCUT2D eigenvalue weighted by Crippen LogP contribution is -2.37. The molecule has 2 heterocycles. The van der Waals surface area contributed by atoms with Gasteiger partial charge in [-0.2, -0.15) is 0 Å². The zero-order valence-electron chi connectivity index (χ0n) is 9.16. The predicted molar refractivity (Wildman–Crippen MR) is 65.0 cm³/mol. The molecule has 0 fully saturated rings. The number of rotatable bonds is 1. The van der Waals surface area contributed by atoms with E-state index >= 15 is 0 Å². The second-order valence-electron chi connectivity index (χ2n) is 3.83. The maximum atomic E-state index is 5.68. The van der Waals surface area contributed by atoms with E-state index in [1.807, 2.05) is 17.5 Å². The zero-order chi connectivity index (χ0) is 11.0. The molecule has 80 valence electrons. The Kier molecular flexibility index (Phi) is 2.52. The molecule has 0 aromatic carbocycles. The van der Waals surface area contributed by atoms with Gasteiger partial charge in [0.2, 0.25) is 0 Å². The molecule has 0 amide bonds. The molecule has 1 unspecified atom stereocenters. The minimum atomic E-state index is 0.187. The first-order chi connectivity index (χ1) is 7.08. The Morgan fingerprint density at radius 2 is 2.13 bits per heavy atom. The molecule has 0 spiro atoms. The largest absolute Gasteiger partial charge is 0.370 e. The lowest BCUT2D eigenvalue weighted by molar-refractivity contribution is 0.720. The molecule has 3 N–H and O–H groups in total. The van der Waals surface area contributed by atoms with Crippen LogP contribution in [0.15, 0.2) is 22.8 Å². The molecular weight excluding hydrogens is 206 g/mol. The fraction of sp³-hybridized carbons (Fsp3) is 0.364. The first-order valence-electron chi connectivity index (χ1n) is 4.91. The lowest BCUT2D eigenvalue weighted by atomic mass is 10.0. The minimum Gasteiger partial charge on any atom is -0.370 e. The summed E-state index contributed by atoms with van der Waals surface area (Å²) in [5, 5.41) is 3.20. The topological polar surface area (TPSA) is 50.4 Å². The van der Waals surface area contributed by atoms with E-state index in [1.54, 1.807) is 0 Å². The van der Waals surface area contributed by atoms with Crippen molar-refractivity contribution in [1.29, 1.82) is 0 Å². The highest BCUT2D eigenvalue weighted by Crippen LogP contribution is 2.31. The van der Waals surface area contributed by atoms with Crippen molar-refractivity contribution in [3.8, 4) is 0 Å². The summed E-state index contributed by atoms with van der Waals surface area (Å²) in [7, 11) is 0. The normalized spacial score (nSPS) is 20.6. The SMILES string of the molecule is CC1=CN=C(N)NC1c1cc(C)sc1C. The molecule has 1 aromatic heterocycles. The highest BCUT2D eigenvalue weighted by atomic mass is 32.1. The molecule has 0 radical (unpaired) electrons. The van der Waals surface area contributed by atoms with Crippen LogP contribution in [-0.4, -0.2) is 5.96 Å². The van der Waals surface area contributed by atoms with Gasteiger partial charge in [-0.25, -0.2) is 4.99 Å². The van der Waals surface area contributed by atoms with E-state index in [2.05, 4.69) is 37.1 Å². The van der Waals surface area contributed by atoms with Crippen molar-refractivity contribution in [2.45, 2.75) is 26.8 Å². The summed E-state index contributed by atoms with van der Waals surface area (Å²) in [6.07, 6.45) is 1.84. The number of guanidine groups is 1. The number of thiophene rings is 1. The molecule has 1 aromatic rings. The van der Waals surface area contributed by atoms with Gasteiger partial charge in [0, 0.05) is 16.0 Å². The Bertz CT molecular complexity index is 443. The van der Waals surface area contributed by atoms with Crippen LogP contribution in [0.5, 0.6) is 0 Å². The zero-order valence-corrected chi connectivity index (χ0v) is 9.98. The quantitative estimate of drug-likeness (QED) is 0.764. The molecular formula is C11H15N3S. The Morgan fingerprint density at radius 3 is 2.73 bits per heavy atom. The predicted octanol–water partition coefficient (Wildman–Crippen LogP) is 2.23. The fourth-order valence-corrected chi connectivity index (χ4v) is 2.77. The van der Waals surface area contributed by atoms with Crippen LogP contribution in [0.3, 0.4) is 0 Å². The summed E-state index contributed by atoms with van der Waals surface area (Å²) in [6, 6.07) is 2.40. The van der Waals surface area contributed by atoms with Crippen LogP contribution in [0.2, 0.25) is 0 Å². The van der Waals surface area contributed by atoms with E-state index in [0.717, 1.165) is 0 Å². The summed E-state index contributed by atoms with van der Waals surface area (Å²) in [5.74, 6) is 0.494. The number of hydrogen-bond acceptors (Lipinski definition) is 4. The summed E-state index contributed by atoms with van der Waals surface area (Å²) in [5.41, 5.74) is 8.19. The van der Waals surface area contributed by atoms with Gasteiger partial charge < -0.3 is 11.1 Å². The first kappa shape index (κ1) is 10.2. The molecule has 0 aliphatic carbocycles. The summed E-state index contributed by atoms with van der Waals surface area (Å²) >= 11 is 1.82. The smallest absolute Gasteiger partial charge is 0.193 e. The third kappa shape index (κ3) is 1.90. The van der Waals surface area contributed by atoms with Gasteiger partial charge in [-0.1, -0.05) is 0 Å². The van der Waals surface area contributed by atoms with Gasteiger partial charge in [-0.05, 0) is 38.0 Å². The maximum Gasteiger partial charge on any atom is 0.193 e. The van der Waals surface area contributed by atoms with Gasteiger partial charge in [0.05, 0.1) is 6.04 Å². The first-order valence-corrected chi connectivity index (χ1v) is 5.73. The average Bonchev–Trinajstić information content (AvgIpc) is 2.50.